The molecule has 0 aromatic carbocycles. The summed E-state index contributed by atoms with van der Waals surface area (Å²) in [5.41, 5.74) is 0. The van der Waals surface area contributed by atoms with E-state index in [-0.39, 0.29) is 6.10 Å². The molecule has 3 N–H and O–H groups in total. The molecule has 0 aliphatic rings. The summed E-state index contributed by atoms with van der Waals surface area (Å²) in [6.07, 6.45) is 1.80. The average molecular weight is 202 g/mol. The van der Waals surface area contributed by atoms with Gasteiger partial charge in [-0.2, -0.15) is 0 Å². The third kappa shape index (κ3) is 11.9. The van der Waals surface area contributed by atoms with E-state index < -0.39 is 0 Å². The molecule has 0 bridgehead atoms. The Kier molecular flexibility index (Phi) is 9.35. The van der Waals surface area contributed by atoms with Gasteiger partial charge in [0.15, 0.2) is 0 Å². The van der Waals surface area contributed by atoms with Gasteiger partial charge in [-0.05, 0) is 38.8 Å². The third-order valence-electron chi connectivity index (χ3n) is 2.01. The molecule has 0 aromatic rings. The number of hydrogen-bond donors (Lipinski definition) is 3. The van der Waals surface area contributed by atoms with E-state index >= 15 is 0 Å². The van der Waals surface area contributed by atoms with Crippen molar-refractivity contribution in [3.63, 3.8) is 0 Å². The molecule has 0 aromatic heterocycles. The molecule has 86 valence electrons. The second-order valence-electron chi connectivity index (χ2n) is 4.34. The summed E-state index contributed by atoms with van der Waals surface area (Å²) < 4.78 is 0. The number of aliphatic hydroxyl groups is 1. The highest BCUT2D eigenvalue weighted by atomic mass is 16.3. The van der Waals surface area contributed by atoms with Gasteiger partial charge in [0.1, 0.15) is 0 Å². The van der Waals surface area contributed by atoms with E-state index in [1.54, 1.807) is 0 Å². The van der Waals surface area contributed by atoms with Crippen LogP contribution in [0.2, 0.25) is 0 Å². The van der Waals surface area contributed by atoms with Crippen LogP contribution in [0.1, 0.15) is 33.6 Å². The van der Waals surface area contributed by atoms with Gasteiger partial charge in [-0.1, -0.05) is 13.8 Å². The standard InChI is InChI=1S/C11H26N2O/c1-10(2)9-13-8-7-12-6-4-5-11(3)14/h10-14H,4-9H2,1-3H3. The lowest BCUT2D eigenvalue weighted by Crippen LogP contribution is -2.30. The first-order valence-corrected chi connectivity index (χ1v) is 5.72. The lowest BCUT2D eigenvalue weighted by atomic mass is 10.2. The Labute approximate surface area is 88.3 Å². The molecular weight excluding hydrogens is 176 g/mol. The van der Waals surface area contributed by atoms with Crippen molar-refractivity contribution in [1.82, 2.24) is 10.6 Å². The van der Waals surface area contributed by atoms with Crippen LogP contribution in [0.25, 0.3) is 0 Å². The van der Waals surface area contributed by atoms with E-state index in [9.17, 15) is 0 Å². The normalized spacial score (nSPS) is 13.5. The summed E-state index contributed by atoms with van der Waals surface area (Å²) in [7, 11) is 0. The van der Waals surface area contributed by atoms with Crippen molar-refractivity contribution < 1.29 is 5.11 Å². The van der Waals surface area contributed by atoms with Gasteiger partial charge in [0.2, 0.25) is 0 Å². The zero-order valence-electron chi connectivity index (χ0n) is 9.84. The van der Waals surface area contributed by atoms with Crippen molar-refractivity contribution in [3.8, 4) is 0 Å². The Morgan fingerprint density at radius 3 is 2.21 bits per heavy atom. The number of nitrogens with one attached hydrogen (secondary N) is 2. The second kappa shape index (κ2) is 9.44. The molecule has 3 heteroatoms. The van der Waals surface area contributed by atoms with E-state index in [2.05, 4.69) is 24.5 Å². The van der Waals surface area contributed by atoms with Gasteiger partial charge in [-0.3, -0.25) is 0 Å². The predicted molar refractivity (Wildman–Crippen MR) is 61.5 cm³/mol. The number of aliphatic hydroxyl groups excluding tert-OH is 1. The fourth-order valence-electron chi connectivity index (χ4n) is 1.21. The van der Waals surface area contributed by atoms with Crippen LogP contribution >= 0.6 is 0 Å². The minimum atomic E-state index is -0.157. The van der Waals surface area contributed by atoms with Gasteiger partial charge in [-0.25, -0.2) is 0 Å². The first kappa shape index (κ1) is 13.9. The minimum Gasteiger partial charge on any atom is -0.393 e. The molecule has 0 heterocycles. The third-order valence-corrected chi connectivity index (χ3v) is 2.01. The first-order chi connectivity index (χ1) is 6.63. The highest BCUT2D eigenvalue weighted by Crippen LogP contribution is 1.92. The van der Waals surface area contributed by atoms with Crippen molar-refractivity contribution in [3.05, 3.63) is 0 Å². The molecule has 1 unspecified atom stereocenters. The fraction of sp³-hybridized carbons (Fsp3) is 1.00. The topological polar surface area (TPSA) is 44.3 Å². The summed E-state index contributed by atoms with van der Waals surface area (Å²) in [5, 5.41) is 15.7. The van der Waals surface area contributed by atoms with Crippen LogP contribution in [0.15, 0.2) is 0 Å². The van der Waals surface area contributed by atoms with Gasteiger partial charge in [0.25, 0.3) is 0 Å². The molecule has 0 radical (unpaired) electrons. The lowest BCUT2D eigenvalue weighted by Gasteiger charge is -2.08. The Hall–Kier alpha value is -0.120. The largest absolute Gasteiger partial charge is 0.393 e. The molecule has 0 amide bonds. The molecule has 0 spiro atoms. The van der Waals surface area contributed by atoms with E-state index in [0.717, 1.165) is 44.9 Å². The molecule has 0 rings (SSSR count). The first-order valence-electron chi connectivity index (χ1n) is 5.72. The van der Waals surface area contributed by atoms with Crippen LogP contribution in [0.4, 0.5) is 0 Å². The van der Waals surface area contributed by atoms with Gasteiger partial charge < -0.3 is 15.7 Å². The molecular formula is C11H26N2O. The number of hydrogen-bond acceptors (Lipinski definition) is 3. The van der Waals surface area contributed by atoms with Crippen molar-refractivity contribution in [2.45, 2.75) is 39.7 Å². The molecule has 0 fully saturated rings. The molecule has 0 aliphatic carbocycles. The highest BCUT2D eigenvalue weighted by Gasteiger charge is 1.95. The van der Waals surface area contributed by atoms with E-state index in [1.165, 1.54) is 0 Å². The molecule has 14 heavy (non-hydrogen) atoms. The molecule has 0 saturated carbocycles. The summed E-state index contributed by atoms with van der Waals surface area (Å²) in [5.74, 6) is 0.727. The fourth-order valence-corrected chi connectivity index (χ4v) is 1.21. The zero-order valence-corrected chi connectivity index (χ0v) is 9.84. The second-order valence-corrected chi connectivity index (χ2v) is 4.34. The maximum absolute atomic E-state index is 9.01. The SMILES string of the molecule is CC(C)CNCCNCCCC(C)O. The van der Waals surface area contributed by atoms with Gasteiger partial charge in [0, 0.05) is 13.1 Å². The average Bonchev–Trinajstić information content (AvgIpc) is 2.08. The van der Waals surface area contributed by atoms with E-state index in [0.29, 0.717) is 0 Å². The predicted octanol–water partition coefficient (Wildman–Crippen LogP) is 0.983. The summed E-state index contributed by atoms with van der Waals surface area (Å²) in [6.45, 7) is 10.4. The Balaban J connectivity index is 2.92. The zero-order chi connectivity index (χ0) is 10.8. The number of rotatable bonds is 9. The van der Waals surface area contributed by atoms with Gasteiger partial charge >= 0.3 is 0 Å². The van der Waals surface area contributed by atoms with Crippen molar-refractivity contribution in [2.24, 2.45) is 5.92 Å². The van der Waals surface area contributed by atoms with E-state index in [1.807, 2.05) is 6.92 Å². The lowest BCUT2D eigenvalue weighted by molar-refractivity contribution is 0.181. The Morgan fingerprint density at radius 1 is 1.00 bits per heavy atom. The summed E-state index contributed by atoms with van der Waals surface area (Å²) >= 11 is 0. The Morgan fingerprint density at radius 2 is 1.64 bits per heavy atom. The van der Waals surface area contributed by atoms with Crippen molar-refractivity contribution in [2.75, 3.05) is 26.2 Å². The summed E-state index contributed by atoms with van der Waals surface area (Å²) in [6, 6.07) is 0. The molecule has 1 atom stereocenters. The molecule has 0 aliphatic heterocycles. The summed E-state index contributed by atoms with van der Waals surface area (Å²) in [4.78, 5) is 0. The van der Waals surface area contributed by atoms with Crippen molar-refractivity contribution in [1.29, 1.82) is 0 Å². The Bertz CT molecular complexity index is 102. The van der Waals surface area contributed by atoms with Gasteiger partial charge in [-0.15, -0.1) is 0 Å². The smallest absolute Gasteiger partial charge is 0.0512 e. The van der Waals surface area contributed by atoms with Gasteiger partial charge in [0.05, 0.1) is 6.10 Å². The molecule has 3 nitrogen and oxygen atoms in total. The van der Waals surface area contributed by atoms with Crippen molar-refractivity contribution >= 4 is 0 Å². The quantitative estimate of drug-likeness (QED) is 0.488. The van der Waals surface area contributed by atoms with Crippen LogP contribution in [0, 0.1) is 5.92 Å². The highest BCUT2D eigenvalue weighted by molar-refractivity contribution is 4.55. The van der Waals surface area contributed by atoms with Crippen LogP contribution in [-0.4, -0.2) is 37.4 Å². The van der Waals surface area contributed by atoms with E-state index in [4.69, 9.17) is 5.11 Å². The van der Waals surface area contributed by atoms with Crippen LogP contribution < -0.4 is 10.6 Å². The van der Waals surface area contributed by atoms with Crippen LogP contribution in [0.3, 0.4) is 0 Å². The van der Waals surface area contributed by atoms with Crippen LogP contribution in [-0.2, 0) is 0 Å². The maximum Gasteiger partial charge on any atom is 0.0512 e. The monoisotopic (exact) mass is 202 g/mol. The molecule has 0 saturated heterocycles. The minimum absolute atomic E-state index is 0.157. The maximum atomic E-state index is 9.01. The van der Waals surface area contributed by atoms with Crippen LogP contribution in [0.5, 0.6) is 0 Å².